The number of nitrogens with zero attached hydrogens (tertiary/aromatic N) is 1. The van der Waals surface area contributed by atoms with Gasteiger partial charge in [0.25, 0.3) is 5.91 Å². The van der Waals surface area contributed by atoms with Gasteiger partial charge in [-0.2, -0.15) is 0 Å². The summed E-state index contributed by atoms with van der Waals surface area (Å²) in [4.78, 5) is 17.6. The molecule has 2 aromatic carbocycles. The molecule has 0 spiro atoms. The molecule has 3 N–H and O–H groups in total. The van der Waals surface area contributed by atoms with E-state index >= 15 is 0 Å². The Hall–Kier alpha value is -2.86. The molecular formula is C22H25N3O2S. The number of unbranched alkanes of at least 4 members (excludes halogenated alkanes) is 3. The highest BCUT2D eigenvalue weighted by atomic mass is 32.1. The molecule has 1 heterocycles. The fourth-order valence-corrected chi connectivity index (χ4v) is 3.57. The fraction of sp³-hybridized carbons (Fsp3) is 0.273. The number of rotatable bonds is 9. The summed E-state index contributed by atoms with van der Waals surface area (Å²) in [5.41, 5.74) is 8.03. The summed E-state index contributed by atoms with van der Waals surface area (Å²) in [6, 6.07) is 17.0. The molecule has 0 saturated heterocycles. The number of amides is 1. The highest BCUT2D eigenvalue weighted by Crippen LogP contribution is 2.30. The van der Waals surface area contributed by atoms with Gasteiger partial charge >= 0.3 is 0 Å². The maximum absolute atomic E-state index is 12.8. The van der Waals surface area contributed by atoms with Crippen molar-refractivity contribution in [3.8, 4) is 17.0 Å². The number of nitrogens with two attached hydrogens (primary N) is 1. The van der Waals surface area contributed by atoms with Crippen molar-refractivity contribution in [1.82, 2.24) is 4.98 Å². The summed E-state index contributed by atoms with van der Waals surface area (Å²) in [5, 5.41) is 3.28. The number of ether oxygens (including phenoxy) is 1. The third kappa shape index (κ3) is 5.33. The molecule has 6 heteroatoms. The van der Waals surface area contributed by atoms with Gasteiger partial charge < -0.3 is 15.8 Å². The minimum atomic E-state index is -0.221. The van der Waals surface area contributed by atoms with E-state index < -0.39 is 0 Å². The predicted octanol–water partition coefficient (Wildman–Crippen LogP) is 5.60. The molecule has 5 nitrogen and oxygen atoms in total. The molecule has 28 heavy (non-hydrogen) atoms. The third-order valence-electron chi connectivity index (χ3n) is 4.28. The first-order valence-electron chi connectivity index (χ1n) is 9.53. The molecule has 1 aromatic heterocycles. The molecule has 3 rings (SSSR count). The quantitative estimate of drug-likeness (QED) is 0.462. The van der Waals surface area contributed by atoms with E-state index in [9.17, 15) is 4.79 Å². The minimum absolute atomic E-state index is 0.221. The summed E-state index contributed by atoms with van der Waals surface area (Å²) in [6.45, 7) is 2.91. The predicted molar refractivity (Wildman–Crippen MR) is 116 cm³/mol. The number of carbonyl (C=O) groups is 1. The first-order valence-corrected chi connectivity index (χ1v) is 10.3. The molecule has 1 amide bonds. The Labute approximate surface area is 169 Å². The highest BCUT2D eigenvalue weighted by Gasteiger charge is 2.18. The lowest BCUT2D eigenvalue weighted by Gasteiger charge is -2.08. The van der Waals surface area contributed by atoms with Gasteiger partial charge in [0.2, 0.25) is 0 Å². The second-order valence-corrected chi connectivity index (χ2v) is 7.51. The molecule has 0 saturated carbocycles. The van der Waals surface area contributed by atoms with E-state index in [0.717, 1.165) is 17.7 Å². The van der Waals surface area contributed by atoms with Crippen LogP contribution in [0.2, 0.25) is 0 Å². The first kappa shape index (κ1) is 19.9. The zero-order chi connectivity index (χ0) is 19.8. The van der Waals surface area contributed by atoms with Crippen molar-refractivity contribution in [2.45, 2.75) is 32.6 Å². The van der Waals surface area contributed by atoms with Gasteiger partial charge in [-0.15, -0.1) is 0 Å². The van der Waals surface area contributed by atoms with Gasteiger partial charge in [0.05, 0.1) is 12.3 Å². The molecule has 0 bridgehead atoms. The standard InChI is InChI=1S/C22H25N3O2S/c1-2-3-4-8-15-27-18-13-11-17(12-14-18)24-21(26)20-19(25-22(23)28-20)16-9-6-5-7-10-16/h5-7,9-14H,2-4,8,15H2,1H3,(H2,23,25)(H,24,26). The summed E-state index contributed by atoms with van der Waals surface area (Å²) >= 11 is 1.19. The Balaban J connectivity index is 1.62. The van der Waals surface area contributed by atoms with Gasteiger partial charge in [0.15, 0.2) is 5.13 Å². The largest absolute Gasteiger partial charge is 0.494 e. The number of carbonyl (C=O) groups excluding carboxylic acids is 1. The Morgan fingerprint density at radius 1 is 1.07 bits per heavy atom. The van der Waals surface area contributed by atoms with Crippen LogP contribution in [-0.4, -0.2) is 17.5 Å². The lowest BCUT2D eigenvalue weighted by molar-refractivity contribution is 0.103. The van der Waals surface area contributed by atoms with E-state index in [1.165, 1.54) is 30.6 Å². The van der Waals surface area contributed by atoms with Crippen LogP contribution in [0.25, 0.3) is 11.3 Å². The molecule has 0 aliphatic carbocycles. The van der Waals surface area contributed by atoms with E-state index in [-0.39, 0.29) is 5.91 Å². The monoisotopic (exact) mass is 395 g/mol. The number of hydrogen-bond acceptors (Lipinski definition) is 5. The van der Waals surface area contributed by atoms with Crippen LogP contribution in [-0.2, 0) is 0 Å². The molecule has 0 atom stereocenters. The smallest absolute Gasteiger partial charge is 0.268 e. The van der Waals surface area contributed by atoms with Crippen LogP contribution >= 0.6 is 11.3 Å². The number of thiazole rings is 1. The summed E-state index contributed by atoms with van der Waals surface area (Å²) in [7, 11) is 0. The third-order valence-corrected chi connectivity index (χ3v) is 5.16. The van der Waals surface area contributed by atoms with Gasteiger partial charge in [0.1, 0.15) is 10.6 Å². The Kier molecular flexibility index (Phi) is 7.03. The van der Waals surface area contributed by atoms with E-state index in [2.05, 4.69) is 17.2 Å². The molecule has 0 aliphatic heterocycles. The minimum Gasteiger partial charge on any atom is -0.494 e. The Morgan fingerprint density at radius 2 is 1.82 bits per heavy atom. The number of hydrogen-bond donors (Lipinski definition) is 2. The van der Waals surface area contributed by atoms with Gasteiger partial charge in [-0.3, -0.25) is 4.79 Å². The molecule has 0 radical (unpaired) electrons. The number of anilines is 2. The second-order valence-electron chi connectivity index (χ2n) is 6.48. The summed E-state index contributed by atoms with van der Waals surface area (Å²) < 4.78 is 5.74. The van der Waals surface area contributed by atoms with E-state index in [1.54, 1.807) is 0 Å². The van der Waals surface area contributed by atoms with Gasteiger partial charge in [-0.05, 0) is 30.7 Å². The topological polar surface area (TPSA) is 77.2 Å². The molecule has 3 aromatic rings. The summed E-state index contributed by atoms with van der Waals surface area (Å²) in [6.07, 6.45) is 4.70. The lowest BCUT2D eigenvalue weighted by atomic mass is 10.1. The molecule has 0 unspecified atom stereocenters. The van der Waals surface area contributed by atoms with E-state index in [0.29, 0.717) is 28.0 Å². The highest BCUT2D eigenvalue weighted by molar-refractivity contribution is 7.17. The molecular weight excluding hydrogens is 370 g/mol. The van der Waals surface area contributed by atoms with Crippen LogP contribution in [0.1, 0.15) is 42.3 Å². The van der Waals surface area contributed by atoms with Crippen molar-refractivity contribution >= 4 is 28.1 Å². The maximum atomic E-state index is 12.8. The van der Waals surface area contributed by atoms with Crippen LogP contribution in [0.5, 0.6) is 5.75 Å². The van der Waals surface area contributed by atoms with E-state index in [1.807, 2.05) is 54.6 Å². The Morgan fingerprint density at radius 3 is 2.54 bits per heavy atom. The van der Waals surface area contributed by atoms with Crippen LogP contribution < -0.4 is 15.8 Å². The zero-order valence-corrected chi connectivity index (χ0v) is 16.8. The number of nitrogen functional groups attached to an aromatic ring is 1. The summed E-state index contributed by atoms with van der Waals surface area (Å²) in [5.74, 6) is 0.586. The van der Waals surface area contributed by atoms with Crippen molar-refractivity contribution < 1.29 is 9.53 Å². The van der Waals surface area contributed by atoms with E-state index in [4.69, 9.17) is 10.5 Å². The number of nitrogens with one attached hydrogen (secondary N) is 1. The van der Waals surface area contributed by atoms with Crippen molar-refractivity contribution in [1.29, 1.82) is 0 Å². The van der Waals surface area contributed by atoms with Crippen LogP contribution in [0.15, 0.2) is 54.6 Å². The van der Waals surface area contributed by atoms with Gasteiger partial charge in [-0.25, -0.2) is 4.98 Å². The number of aromatic nitrogens is 1. The van der Waals surface area contributed by atoms with Gasteiger partial charge in [-0.1, -0.05) is 67.9 Å². The molecule has 146 valence electrons. The van der Waals surface area contributed by atoms with Gasteiger partial charge in [0, 0.05) is 11.3 Å². The first-order chi connectivity index (χ1) is 13.7. The lowest BCUT2D eigenvalue weighted by Crippen LogP contribution is -2.11. The Bertz CT molecular complexity index is 892. The van der Waals surface area contributed by atoms with Crippen LogP contribution in [0, 0.1) is 0 Å². The van der Waals surface area contributed by atoms with Crippen LogP contribution in [0.3, 0.4) is 0 Å². The molecule has 0 aliphatic rings. The fourth-order valence-electron chi connectivity index (χ4n) is 2.82. The van der Waals surface area contributed by atoms with Crippen molar-refractivity contribution in [3.63, 3.8) is 0 Å². The van der Waals surface area contributed by atoms with Crippen molar-refractivity contribution in [2.75, 3.05) is 17.7 Å². The average molecular weight is 396 g/mol. The van der Waals surface area contributed by atoms with Crippen molar-refractivity contribution in [2.24, 2.45) is 0 Å². The number of benzene rings is 2. The second kappa shape index (κ2) is 9.90. The molecule has 0 fully saturated rings. The van der Waals surface area contributed by atoms with Crippen molar-refractivity contribution in [3.05, 3.63) is 59.5 Å². The SMILES string of the molecule is CCCCCCOc1ccc(NC(=O)c2sc(N)nc2-c2ccccc2)cc1. The average Bonchev–Trinajstić information content (AvgIpc) is 3.12. The zero-order valence-electron chi connectivity index (χ0n) is 16.0. The normalized spacial score (nSPS) is 10.6. The maximum Gasteiger partial charge on any atom is 0.268 e. The van der Waals surface area contributed by atoms with Crippen LogP contribution in [0.4, 0.5) is 10.8 Å².